The van der Waals surface area contributed by atoms with E-state index >= 15 is 0 Å². The second-order valence-corrected chi connectivity index (χ2v) is 12.6. The van der Waals surface area contributed by atoms with E-state index < -0.39 is 26.6 Å². The van der Waals surface area contributed by atoms with Crippen LogP contribution in [0.1, 0.15) is 27.7 Å². The Bertz CT molecular complexity index is 685. The number of benzene rings is 2. The van der Waals surface area contributed by atoms with Gasteiger partial charge in [-0.05, 0) is 22.3 Å². The van der Waals surface area contributed by atoms with Gasteiger partial charge in [0.1, 0.15) is 18.3 Å². The normalized spacial score (nSPS) is 20.7. The van der Waals surface area contributed by atoms with Crippen LogP contribution in [0.5, 0.6) is 0 Å². The third kappa shape index (κ3) is 4.03. The van der Waals surface area contributed by atoms with E-state index in [2.05, 4.69) is 45.0 Å². The predicted molar refractivity (Wildman–Crippen MR) is 110 cm³/mol. The zero-order chi connectivity index (χ0) is 19.7. The highest BCUT2D eigenvalue weighted by atomic mass is 28.4. The molecule has 0 bridgehead atoms. The topological polar surface area (TPSA) is 62.2 Å². The first kappa shape index (κ1) is 20.2. The number of aliphatic hydroxyl groups excluding tert-OH is 2. The molecule has 3 rings (SSSR count). The molecule has 2 aromatic carbocycles. The molecule has 1 heterocycles. The van der Waals surface area contributed by atoms with E-state index in [1.165, 1.54) is 0 Å². The second kappa shape index (κ2) is 7.85. The molecule has 4 atom stereocenters. The van der Waals surface area contributed by atoms with Gasteiger partial charge in [0, 0.05) is 0 Å². The summed E-state index contributed by atoms with van der Waals surface area (Å²) in [5.74, 6) is 0. The van der Waals surface area contributed by atoms with Crippen LogP contribution in [0.4, 0.5) is 0 Å². The van der Waals surface area contributed by atoms with Crippen molar-refractivity contribution in [1.82, 2.24) is 0 Å². The van der Waals surface area contributed by atoms with Crippen molar-refractivity contribution in [1.29, 1.82) is 0 Å². The highest BCUT2D eigenvalue weighted by Gasteiger charge is 2.52. The second-order valence-electron chi connectivity index (χ2n) is 8.34. The molecule has 0 aliphatic carbocycles. The lowest BCUT2D eigenvalue weighted by Crippen LogP contribution is -2.68. The first-order chi connectivity index (χ1) is 12.8. The summed E-state index contributed by atoms with van der Waals surface area (Å²) in [6, 6.07) is 20.6. The van der Waals surface area contributed by atoms with E-state index in [4.69, 9.17) is 9.16 Å². The lowest BCUT2D eigenvalue weighted by Gasteiger charge is -2.45. The fourth-order valence-electron chi connectivity index (χ4n) is 3.79. The fraction of sp³-hybridized carbons (Fsp3) is 0.455. The van der Waals surface area contributed by atoms with Crippen LogP contribution in [0, 0.1) is 0 Å². The highest BCUT2D eigenvalue weighted by molar-refractivity contribution is 6.99. The Balaban J connectivity index is 2.06. The van der Waals surface area contributed by atoms with Crippen LogP contribution in [0.25, 0.3) is 0 Å². The summed E-state index contributed by atoms with van der Waals surface area (Å²) in [5, 5.41) is 23.1. The van der Waals surface area contributed by atoms with Crippen molar-refractivity contribution in [2.24, 2.45) is 0 Å². The Hall–Kier alpha value is -1.50. The maximum atomic E-state index is 10.7. The summed E-state index contributed by atoms with van der Waals surface area (Å²) in [6.45, 7) is 8.91. The molecular weight excluding hydrogens is 356 g/mol. The largest absolute Gasteiger partial charge is 0.402 e. The van der Waals surface area contributed by atoms with Crippen molar-refractivity contribution in [3.63, 3.8) is 0 Å². The Kier molecular flexibility index (Phi) is 5.89. The van der Waals surface area contributed by atoms with E-state index in [0.29, 0.717) is 6.61 Å². The molecule has 1 saturated heterocycles. The van der Waals surface area contributed by atoms with Crippen molar-refractivity contribution in [2.45, 2.75) is 57.1 Å². The van der Waals surface area contributed by atoms with Crippen LogP contribution >= 0.6 is 0 Å². The van der Waals surface area contributed by atoms with Gasteiger partial charge < -0.3 is 19.4 Å². The number of hydrogen-bond acceptors (Lipinski definition) is 4. The zero-order valence-electron chi connectivity index (χ0n) is 16.5. The monoisotopic (exact) mass is 386 g/mol. The van der Waals surface area contributed by atoms with Gasteiger partial charge in [0.25, 0.3) is 8.32 Å². The number of ether oxygens (including phenoxy) is 1. The highest BCUT2D eigenvalue weighted by Crippen LogP contribution is 2.38. The third-order valence-corrected chi connectivity index (χ3v) is 10.5. The zero-order valence-corrected chi connectivity index (χ0v) is 17.5. The van der Waals surface area contributed by atoms with Gasteiger partial charge in [-0.15, -0.1) is 0 Å². The average Bonchev–Trinajstić information content (AvgIpc) is 3.50. The van der Waals surface area contributed by atoms with Gasteiger partial charge in [-0.25, -0.2) is 0 Å². The Labute approximate surface area is 162 Å². The standard InChI is InChI=1S/C22H30O4Si/c1-16(20(23)21(24)19-15-25-19)26-27(22(2,3)4,17-11-7-5-8-12-17)18-13-9-6-10-14-18/h5-14,16,19-21,23-24H,15H2,1-4H3/t16-,19-,20-,21-/m1/s1. The molecule has 1 fully saturated rings. The lowest BCUT2D eigenvalue weighted by molar-refractivity contribution is -0.0550. The molecule has 5 heteroatoms. The maximum Gasteiger partial charge on any atom is 0.261 e. The molecule has 1 aliphatic heterocycles. The molecule has 1 aliphatic rings. The average molecular weight is 387 g/mol. The summed E-state index contributed by atoms with van der Waals surface area (Å²) in [4.78, 5) is 0. The molecule has 0 radical (unpaired) electrons. The van der Waals surface area contributed by atoms with Gasteiger partial charge in [-0.3, -0.25) is 0 Å². The third-order valence-electron chi connectivity index (χ3n) is 5.35. The molecular formula is C22H30O4Si. The van der Waals surface area contributed by atoms with Crippen molar-refractivity contribution in [2.75, 3.05) is 6.61 Å². The van der Waals surface area contributed by atoms with Gasteiger partial charge in [0.05, 0.1) is 12.7 Å². The fourth-order valence-corrected chi connectivity index (χ4v) is 8.50. The van der Waals surface area contributed by atoms with Crippen LogP contribution in [-0.2, 0) is 9.16 Å². The summed E-state index contributed by atoms with van der Waals surface area (Å²) in [6.07, 6.45) is -2.75. The van der Waals surface area contributed by atoms with Gasteiger partial charge in [-0.2, -0.15) is 0 Å². The Morgan fingerprint density at radius 2 is 1.41 bits per heavy atom. The first-order valence-electron chi connectivity index (χ1n) is 9.54. The van der Waals surface area contributed by atoms with Crippen LogP contribution in [0.15, 0.2) is 60.7 Å². The number of rotatable bonds is 7. The van der Waals surface area contributed by atoms with E-state index in [9.17, 15) is 10.2 Å². The van der Waals surface area contributed by atoms with E-state index in [1.807, 2.05) is 43.3 Å². The van der Waals surface area contributed by atoms with Crippen LogP contribution < -0.4 is 10.4 Å². The summed E-state index contributed by atoms with van der Waals surface area (Å²) >= 11 is 0. The summed E-state index contributed by atoms with van der Waals surface area (Å²) in [7, 11) is -2.75. The molecule has 27 heavy (non-hydrogen) atoms. The number of epoxide rings is 1. The number of aliphatic hydroxyl groups is 2. The van der Waals surface area contributed by atoms with Gasteiger partial charge in [0.15, 0.2) is 0 Å². The molecule has 4 nitrogen and oxygen atoms in total. The van der Waals surface area contributed by atoms with Crippen molar-refractivity contribution in [3.05, 3.63) is 60.7 Å². The van der Waals surface area contributed by atoms with Gasteiger partial charge >= 0.3 is 0 Å². The molecule has 146 valence electrons. The van der Waals surface area contributed by atoms with Gasteiger partial charge in [-0.1, -0.05) is 81.4 Å². The molecule has 2 N–H and O–H groups in total. The quantitative estimate of drug-likeness (QED) is 0.565. The first-order valence-corrected chi connectivity index (χ1v) is 11.4. The van der Waals surface area contributed by atoms with Crippen molar-refractivity contribution >= 4 is 18.7 Å². The smallest absolute Gasteiger partial charge is 0.261 e. The minimum absolute atomic E-state index is 0.176. The molecule has 0 spiro atoms. The van der Waals surface area contributed by atoms with E-state index in [1.54, 1.807) is 0 Å². The van der Waals surface area contributed by atoms with Crippen LogP contribution in [0.3, 0.4) is 0 Å². The minimum atomic E-state index is -2.75. The Morgan fingerprint density at radius 1 is 0.963 bits per heavy atom. The lowest BCUT2D eigenvalue weighted by atomic mass is 10.1. The van der Waals surface area contributed by atoms with E-state index in [0.717, 1.165) is 10.4 Å². The Morgan fingerprint density at radius 3 is 1.78 bits per heavy atom. The van der Waals surface area contributed by atoms with Crippen LogP contribution in [-0.4, -0.2) is 49.6 Å². The van der Waals surface area contributed by atoms with Crippen LogP contribution in [0.2, 0.25) is 5.04 Å². The summed E-state index contributed by atoms with van der Waals surface area (Å²) < 4.78 is 12.0. The number of hydrogen-bond donors (Lipinski definition) is 2. The molecule has 0 amide bonds. The SMILES string of the molecule is C[C@@H](O[Si](c1ccccc1)(c1ccccc1)C(C)(C)C)[C@@H](O)[C@H](O)[C@H]1CO1. The van der Waals surface area contributed by atoms with E-state index in [-0.39, 0.29) is 11.1 Å². The van der Waals surface area contributed by atoms with Gasteiger partial charge in [0.2, 0.25) is 0 Å². The molecule has 2 aromatic rings. The predicted octanol–water partition coefficient (Wildman–Crippen LogP) is 2.07. The summed E-state index contributed by atoms with van der Waals surface area (Å²) in [5.41, 5.74) is 0. The van der Waals surface area contributed by atoms with Crippen molar-refractivity contribution in [3.8, 4) is 0 Å². The molecule has 0 aromatic heterocycles. The molecule has 0 saturated carbocycles. The maximum absolute atomic E-state index is 10.7. The molecule has 0 unspecified atom stereocenters. The van der Waals surface area contributed by atoms with Crippen molar-refractivity contribution < 1.29 is 19.4 Å². The minimum Gasteiger partial charge on any atom is -0.402 e.